The first-order chi connectivity index (χ1) is 14.7. The molecule has 0 atom stereocenters. The van der Waals surface area contributed by atoms with Gasteiger partial charge >= 0.3 is 0 Å². The molecule has 7 nitrogen and oxygen atoms in total. The average Bonchev–Trinajstić information content (AvgIpc) is 3.41. The lowest BCUT2D eigenvalue weighted by Gasteiger charge is -2.36. The monoisotopic (exact) mass is 411 g/mol. The number of piperazine rings is 1. The molecule has 0 saturated carbocycles. The highest BCUT2D eigenvalue weighted by Crippen LogP contribution is 2.25. The largest absolute Gasteiger partial charge is 0.459 e. The molecular weight excluding hydrogens is 378 g/mol. The zero-order valence-corrected chi connectivity index (χ0v) is 18.2. The Kier molecular flexibility index (Phi) is 6.57. The summed E-state index contributed by atoms with van der Waals surface area (Å²) < 4.78 is 6.02. The second-order valence-corrected chi connectivity index (χ2v) is 8.17. The summed E-state index contributed by atoms with van der Waals surface area (Å²) in [6.45, 7) is 11.4. The zero-order chi connectivity index (χ0) is 20.9. The summed E-state index contributed by atoms with van der Waals surface area (Å²) in [4.78, 5) is 23.8. The highest BCUT2D eigenvalue weighted by atomic mass is 16.3. The second kappa shape index (κ2) is 9.51. The van der Waals surface area contributed by atoms with Crippen molar-refractivity contribution in [3.63, 3.8) is 0 Å². The van der Waals surface area contributed by atoms with Crippen LogP contribution in [-0.4, -0.2) is 78.9 Å². The number of hydrogen-bond donors (Lipinski definition) is 1. The molecule has 2 saturated heterocycles. The number of aliphatic imine (C=N–C) groups is 1. The summed E-state index contributed by atoms with van der Waals surface area (Å²) in [5, 5.41) is 4.57. The molecule has 30 heavy (non-hydrogen) atoms. The van der Waals surface area contributed by atoms with Gasteiger partial charge in [0.05, 0.1) is 6.54 Å². The molecule has 162 valence electrons. The minimum absolute atomic E-state index is 0.280. The van der Waals surface area contributed by atoms with Crippen LogP contribution in [0, 0.1) is 6.92 Å². The molecule has 4 rings (SSSR count). The highest BCUT2D eigenvalue weighted by molar-refractivity contribution is 5.83. The van der Waals surface area contributed by atoms with Crippen molar-refractivity contribution in [2.45, 2.75) is 33.2 Å². The fourth-order valence-corrected chi connectivity index (χ4v) is 4.32. The Morgan fingerprint density at radius 2 is 1.80 bits per heavy atom. The third-order valence-corrected chi connectivity index (χ3v) is 6.14. The average molecular weight is 412 g/mol. The molecule has 1 aromatic heterocycles. The number of aryl methyl sites for hydroxylation is 1. The van der Waals surface area contributed by atoms with Gasteiger partial charge in [0.1, 0.15) is 17.9 Å². The Morgan fingerprint density at radius 3 is 2.50 bits per heavy atom. The highest BCUT2D eigenvalue weighted by Gasteiger charge is 2.24. The molecule has 1 aromatic carbocycles. The van der Waals surface area contributed by atoms with E-state index in [0.717, 1.165) is 86.9 Å². The van der Waals surface area contributed by atoms with Gasteiger partial charge in [-0.2, -0.15) is 0 Å². The van der Waals surface area contributed by atoms with Gasteiger partial charge in [-0.25, -0.2) is 4.99 Å². The Bertz CT molecular complexity index is 892. The molecule has 2 aromatic rings. The molecule has 2 aliphatic heterocycles. The number of carbonyl (C=O) groups is 1. The van der Waals surface area contributed by atoms with Crippen LogP contribution in [0.5, 0.6) is 0 Å². The zero-order valence-electron chi connectivity index (χ0n) is 18.2. The van der Waals surface area contributed by atoms with Crippen molar-refractivity contribution in [2.24, 2.45) is 4.99 Å². The van der Waals surface area contributed by atoms with E-state index in [2.05, 4.69) is 35.0 Å². The smallest absolute Gasteiger partial charge is 0.236 e. The van der Waals surface area contributed by atoms with Gasteiger partial charge in [0.2, 0.25) is 5.91 Å². The molecule has 3 heterocycles. The van der Waals surface area contributed by atoms with E-state index in [1.807, 2.05) is 23.1 Å². The van der Waals surface area contributed by atoms with Gasteiger partial charge in [0.25, 0.3) is 0 Å². The molecule has 0 bridgehead atoms. The number of rotatable bonds is 5. The van der Waals surface area contributed by atoms with Crippen LogP contribution in [0.3, 0.4) is 0 Å². The summed E-state index contributed by atoms with van der Waals surface area (Å²) in [5.41, 5.74) is 2.08. The number of amides is 1. The van der Waals surface area contributed by atoms with Crippen molar-refractivity contribution in [1.82, 2.24) is 20.0 Å². The molecule has 2 aliphatic rings. The van der Waals surface area contributed by atoms with Gasteiger partial charge in [-0.05, 0) is 32.8 Å². The minimum atomic E-state index is 0.280. The van der Waals surface area contributed by atoms with E-state index < -0.39 is 0 Å². The summed E-state index contributed by atoms with van der Waals surface area (Å²) in [5.74, 6) is 2.12. The van der Waals surface area contributed by atoms with Crippen LogP contribution >= 0.6 is 0 Å². The molecule has 0 aliphatic carbocycles. The van der Waals surface area contributed by atoms with Crippen molar-refractivity contribution in [3.8, 4) is 0 Å². The van der Waals surface area contributed by atoms with E-state index in [1.54, 1.807) is 0 Å². The fraction of sp³-hybridized carbons (Fsp3) is 0.565. The first-order valence-electron chi connectivity index (χ1n) is 11.2. The predicted molar refractivity (Wildman–Crippen MR) is 120 cm³/mol. The Morgan fingerprint density at radius 1 is 1.07 bits per heavy atom. The first-order valence-corrected chi connectivity index (χ1v) is 11.2. The van der Waals surface area contributed by atoms with Crippen LogP contribution < -0.4 is 5.32 Å². The van der Waals surface area contributed by atoms with E-state index in [-0.39, 0.29) is 5.91 Å². The van der Waals surface area contributed by atoms with Crippen LogP contribution in [0.15, 0.2) is 33.7 Å². The van der Waals surface area contributed by atoms with Crippen LogP contribution in [0.2, 0.25) is 0 Å². The van der Waals surface area contributed by atoms with E-state index in [0.29, 0.717) is 13.1 Å². The number of para-hydroxylation sites is 1. The predicted octanol–water partition coefficient (Wildman–Crippen LogP) is 2.45. The molecule has 7 heteroatoms. The lowest BCUT2D eigenvalue weighted by molar-refractivity contribution is -0.131. The van der Waals surface area contributed by atoms with Crippen LogP contribution in [-0.2, 0) is 11.3 Å². The normalized spacial score (nSPS) is 18.4. The van der Waals surface area contributed by atoms with Crippen molar-refractivity contribution in [1.29, 1.82) is 0 Å². The van der Waals surface area contributed by atoms with E-state index in [4.69, 9.17) is 9.41 Å². The maximum Gasteiger partial charge on any atom is 0.236 e. The summed E-state index contributed by atoms with van der Waals surface area (Å²) in [7, 11) is 0. The lowest BCUT2D eigenvalue weighted by Crippen LogP contribution is -2.54. The summed E-state index contributed by atoms with van der Waals surface area (Å²) in [6.07, 6.45) is 2.29. The molecule has 1 amide bonds. The van der Waals surface area contributed by atoms with Gasteiger partial charge in [-0.1, -0.05) is 18.2 Å². The molecule has 1 N–H and O–H groups in total. The fourth-order valence-electron chi connectivity index (χ4n) is 4.32. The molecule has 0 spiro atoms. The second-order valence-electron chi connectivity index (χ2n) is 8.17. The SMILES string of the molecule is CCNC(=NCc1oc2ccccc2c1C)N1CCN(CC(=O)N2CCCC2)CC1. The maximum absolute atomic E-state index is 12.4. The van der Waals surface area contributed by atoms with Crippen LogP contribution in [0.4, 0.5) is 0 Å². The number of nitrogens with zero attached hydrogens (tertiary/aromatic N) is 4. The van der Waals surface area contributed by atoms with Crippen molar-refractivity contribution in [2.75, 3.05) is 52.4 Å². The van der Waals surface area contributed by atoms with Crippen molar-refractivity contribution >= 4 is 22.8 Å². The van der Waals surface area contributed by atoms with E-state index in [1.165, 1.54) is 0 Å². The van der Waals surface area contributed by atoms with Gasteiger partial charge in [-0.3, -0.25) is 9.69 Å². The summed E-state index contributed by atoms with van der Waals surface area (Å²) >= 11 is 0. The number of nitrogens with one attached hydrogen (secondary N) is 1. The Labute approximate surface area is 178 Å². The van der Waals surface area contributed by atoms with Crippen molar-refractivity contribution < 1.29 is 9.21 Å². The Balaban J connectivity index is 1.36. The van der Waals surface area contributed by atoms with Crippen LogP contribution in [0.1, 0.15) is 31.1 Å². The molecule has 0 unspecified atom stereocenters. The Hall–Kier alpha value is -2.54. The number of likely N-dealkylation sites (tertiary alicyclic amines) is 1. The minimum Gasteiger partial charge on any atom is -0.459 e. The maximum atomic E-state index is 12.4. The van der Waals surface area contributed by atoms with Crippen molar-refractivity contribution in [3.05, 3.63) is 35.6 Å². The quantitative estimate of drug-likeness (QED) is 0.605. The number of furan rings is 1. The third kappa shape index (κ3) is 4.61. The number of fused-ring (bicyclic) bond motifs is 1. The molecule has 0 radical (unpaired) electrons. The number of benzene rings is 1. The number of guanidine groups is 1. The topological polar surface area (TPSA) is 64.3 Å². The number of carbonyl (C=O) groups excluding carboxylic acids is 1. The lowest BCUT2D eigenvalue weighted by atomic mass is 10.1. The third-order valence-electron chi connectivity index (χ3n) is 6.14. The van der Waals surface area contributed by atoms with E-state index >= 15 is 0 Å². The van der Waals surface area contributed by atoms with E-state index in [9.17, 15) is 4.79 Å². The number of hydrogen-bond acceptors (Lipinski definition) is 4. The van der Waals surface area contributed by atoms with Gasteiger partial charge < -0.3 is 19.5 Å². The summed E-state index contributed by atoms with van der Waals surface area (Å²) in [6, 6.07) is 8.13. The van der Waals surface area contributed by atoms with Crippen LogP contribution in [0.25, 0.3) is 11.0 Å². The van der Waals surface area contributed by atoms with Gasteiger partial charge in [-0.15, -0.1) is 0 Å². The van der Waals surface area contributed by atoms with Gasteiger partial charge in [0.15, 0.2) is 5.96 Å². The molecule has 2 fully saturated rings. The first kappa shape index (κ1) is 20.7. The standard InChI is InChI=1S/C23H33N5O2/c1-3-24-23(25-16-21-18(2)19-8-4-5-9-20(19)30-21)28-14-12-26(13-15-28)17-22(29)27-10-6-7-11-27/h4-5,8-9H,3,6-7,10-17H2,1-2H3,(H,24,25). The van der Waals surface area contributed by atoms with Gasteiger partial charge in [0, 0.05) is 56.8 Å². The molecular formula is C23H33N5O2.